The molecule has 0 fully saturated rings. The molecule has 2 aromatic rings. The van der Waals surface area contributed by atoms with Gasteiger partial charge in [0.1, 0.15) is 24.7 Å². The second-order valence-electron chi connectivity index (χ2n) is 5.74. The van der Waals surface area contributed by atoms with Gasteiger partial charge in [0.25, 0.3) is 0 Å². The average Bonchev–Trinajstić information content (AvgIpc) is 2.65. The van der Waals surface area contributed by atoms with E-state index in [4.69, 9.17) is 9.47 Å². The summed E-state index contributed by atoms with van der Waals surface area (Å²) in [6.07, 6.45) is 0.869. The maximum atomic E-state index is 13.4. The van der Waals surface area contributed by atoms with E-state index >= 15 is 0 Å². The molecule has 0 aliphatic heterocycles. The molecule has 152 valence electrons. The summed E-state index contributed by atoms with van der Waals surface area (Å²) in [5.74, 6) is -1.68. The molecule has 2 rings (SSSR count). The van der Waals surface area contributed by atoms with E-state index in [0.717, 1.165) is 24.5 Å². The molecule has 0 radical (unpaired) electrons. The number of rotatable bonds is 9. The van der Waals surface area contributed by atoms with Gasteiger partial charge in [-0.25, -0.2) is 17.2 Å². The number of amides is 1. The van der Waals surface area contributed by atoms with Gasteiger partial charge in [0.05, 0.1) is 25.6 Å². The Morgan fingerprint density at radius 3 is 2.29 bits per heavy atom. The van der Waals surface area contributed by atoms with E-state index < -0.39 is 34.1 Å². The number of nitrogens with zero attached hydrogens (tertiary/aromatic N) is 1. The molecule has 1 amide bonds. The summed E-state index contributed by atoms with van der Waals surface area (Å²) in [5.41, 5.74) is -0.147. The molecule has 0 saturated heterocycles. The monoisotopic (exact) mass is 414 g/mol. The zero-order valence-corrected chi connectivity index (χ0v) is 16.1. The molecule has 0 atom stereocenters. The standard InChI is InChI=1S/C18H20F2N2O5S/c1-26-14-4-6-15(7-5-14)27-10-9-21-18(23)12-22(28(2,24)25)13-3-8-16(19)17(20)11-13/h3-8,11H,9-10,12H2,1-2H3,(H,21,23). The number of sulfonamides is 1. The predicted octanol–water partition coefficient (Wildman–Crippen LogP) is 1.93. The van der Waals surface area contributed by atoms with Crippen LogP contribution in [-0.4, -0.2) is 47.4 Å². The molecule has 28 heavy (non-hydrogen) atoms. The third kappa shape index (κ3) is 6.08. The van der Waals surface area contributed by atoms with Crippen molar-refractivity contribution in [3.8, 4) is 11.5 Å². The van der Waals surface area contributed by atoms with Crippen molar-refractivity contribution in [3.05, 3.63) is 54.1 Å². The van der Waals surface area contributed by atoms with E-state index in [2.05, 4.69) is 5.32 Å². The van der Waals surface area contributed by atoms with Crippen molar-refractivity contribution in [1.82, 2.24) is 5.32 Å². The highest BCUT2D eigenvalue weighted by Gasteiger charge is 2.21. The highest BCUT2D eigenvalue weighted by molar-refractivity contribution is 7.92. The van der Waals surface area contributed by atoms with Gasteiger partial charge in [0.2, 0.25) is 15.9 Å². The molecule has 7 nitrogen and oxygen atoms in total. The van der Waals surface area contributed by atoms with Crippen LogP contribution in [0.25, 0.3) is 0 Å². The van der Waals surface area contributed by atoms with Gasteiger partial charge in [-0.2, -0.15) is 0 Å². The van der Waals surface area contributed by atoms with Crippen LogP contribution in [0.4, 0.5) is 14.5 Å². The highest BCUT2D eigenvalue weighted by atomic mass is 32.2. The van der Waals surface area contributed by atoms with Crippen molar-refractivity contribution in [2.24, 2.45) is 0 Å². The van der Waals surface area contributed by atoms with Crippen LogP contribution in [0.2, 0.25) is 0 Å². The normalized spacial score (nSPS) is 11.0. The third-order valence-corrected chi connectivity index (χ3v) is 4.77. The van der Waals surface area contributed by atoms with Gasteiger partial charge < -0.3 is 14.8 Å². The second-order valence-corrected chi connectivity index (χ2v) is 7.65. The Morgan fingerprint density at radius 2 is 1.71 bits per heavy atom. The van der Waals surface area contributed by atoms with E-state index in [9.17, 15) is 22.0 Å². The van der Waals surface area contributed by atoms with E-state index in [0.29, 0.717) is 15.8 Å². The molecular weight excluding hydrogens is 394 g/mol. The van der Waals surface area contributed by atoms with Gasteiger partial charge in [-0.15, -0.1) is 0 Å². The number of hydrogen-bond acceptors (Lipinski definition) is 5. The first-order valence-corrected chi connectivity index (χ1v) is 10.0. The highest BCUT2D eigenvalue weighted by Crippen LogP contribution is 2.20. The minimum absolute atomic E-state index is 0.125. The van der Waals surface area contributed by atoms with Crippen LogP contribution in [0.5, 0.6) is 11.5 Å². The zero-order valence-electron chi connectivity index (χ0n) is 15.3. The van der Waals surface area contributed by atoms with Crippen molar-refractivity contribution in [2.75, 3.05) is 37.4 Å². The zero-order chi connectivity index (χ0) is 20.7. The Morgan fingerprint density at radius 1 is 1.07 bits per heavy atom. The van der Waals surface area contributed by atoms with Crippen LogP contribution >= 0.6 is 0 Å². The lowest BCUT2D eigenvalue weighted by Crippen LogP contribution is -2.41. The summed E-state index contributed by atoms with van der Waals surface area (Å²) in [7, 11) is -2.34. The molecule has 0 aromatic heterocycles. The largest absolute Gasteiger partial charge is 0.497 e. The van der Waals surface area contributed by atoms with Crippen molar-refractivity contribution < 1.29 is 31.5 Å². The van der Waals surface area contributed by atoms with Crippen LogP contribution in [0.1, 0.15) is 0 Å². The molecule has 0 unspecified atom stereocenters. The number of carbonyl (C=O) groups is 1. The lowest BCUT2D eigenvalue weighted by molar-refractivity contribution is -0.119. The van der Waals surface area contributed by atoms with Gasteiger partial charge in [-0.1, -0.05) is 0 Å². The Labute approximate surface area is 161 Å². The van der Waals surface area contributed by atoms with Gasteiger partial charge in [-0.05, 0) is 36.4 Å². The van der Waals surface area contributed by atoms with E-state index in [-0.39, 0.29) is 18.8 Å². The fourth-order valence-electron chi connectivity index (χ4n) is 2.26. The lowest BCUT2D eigenvalue weighted by atomic mass is 10.3. The fourth-order valence-corrected chi connectivity index (χ4v) is 3.11. The maximum absolute atomic E-state index is 13.4. The van der Waals surface area contributed by atoms with Crippen molar-refractivity contribution >= 4 is 21.6 Å². The number of anilines is 1. The molecule has 0 aliphatic carbocycles. The number of methoxy groups -OCH3 is 1. The van der Waals surface area contributed by atoms with Gasteiger partial charge >= 0.3 is 0 Å². The van der Waals surface area contributed by atoms with Crippen LogP contribution < -0.4 is 19.1 Å². The first-order chi connectivity index (χ1) is 13.2. The van der Waals surface area contributed by atoms with E-state index in [1.54, 1.807) is 31.4 Å². The van der Waals surface area contributed by atoms with Gasteiger partial charge in [-0.3, -0.25) is 9.10 Å². The van der Waals surface area contributed by atoms with Crippen LogP contribution in [-0.2, 0) is 14.8 Å². The Hall–Kier alpha value is -2.88. The maximum Gasteiger partial charge on any atom is 0.240 e. The lowest BCUT2D eigenvalue weighted by Gasteiger charge is -2.22. The summed E-state index contributed by atoms with van der Waals surface area (Å²) in [6, 6.07) is 9.45. The third-order valence-electron chi connectivity index (χ3n) is 3.63. The van der Waals surface area contributed by atoms with Crippen molar-refractivity contribution in [1.29, 1.82) is 0 Å². The summed E-state index contributed by atoms with van der Waals surface area (Å²) >= 11 is 0. The minimum Gasteiger partial charge on any atom is -0.497 e. The smallest absolute Gasteiger partial charge is 0.240 e. The number of benzene rings is 2. The van der Waals surface area contributed by atoms with Crippen molar-refractivity contribution in [3.63, 3.8) is 0 Å². The molecule has 0 aliphatic rings. The summed E-state index contributed by atoms with van der Waals surface area (Å²) < 4.78 is 61.5. The number of ether oxygens (including phenoxy) is 2. The molecule has 1 N–H and O–H groups in total. The van der Waals surface area contributed by atoms with Crippen molar-refractivity contribution in [2.45, 2.75) is 0 Å². The molecule has 0 heterocycles. The average molecular weight is 414 g/mol. The predicted molar refractivity (Wildman–Crippen MR) is 100 cm³/mol. The van der Waals surface area contributed by atoms with Crippen LogP contribution in [0.15, 0.2) is 42.5 Å². The minimum atomic E-state index is -3.88. The van der Waals surface area contributed by atoms with Gasteiger partial charge in [0, 0.05) is 6.07 Å². The molecular formula is C18H20F2N2O5S. The number of hydrogen-bond donors (Lipinski definition) is 1. The Kier molecular flexibility index (Phi) is 7.16. The fraction of sp³-hybridized carbons (Fsp3) is 0.278. The summed E-state index contributed by atoms with van der Waals surface area (Å²) in [4.78, 5) is 12.1. The summed E-state index contributed by atoms with van der Waals surface area (Å²) in [6.45, 7) is -0.297. The molecule has 0 spiro atoms. The molecule has 0 bridgehead atoms. The quantitative estimate of drug-likeness (QED) is 0.634. The first kappa shape index (κ1) is 21.4. The van der Waals surface area contributed by atoms with Gasteiger partial charge in [0.15, 0.2) is 11.6 Å². The van der Waals surface area contributed by atoms with Crippen LogP contribution in [0.3, 0.4) is 0 Å². The molecule has 10 heteroatoms. The number of nitrogens with one attached hydrogen (secondary N) is 1. The SMILES string of the molecule is COc1ccc(OCCNC(=O)CN(c2ccc(F)c(F)c2)S(C)(=O)=O)cc1. The Bertz CT molecular complexity index is 920. The van der Waals surface area contributed by atoms with E-state index in [1.165, 1.54) is 0 Å². The summed E-state index contributed by atoms with van der Waals surface area (Å²) in [5, 5.41) is 2.51. The van der Waals surface area contributed by atoms with E-state index in [1.807, 2.05) is 0 Å². The van der Waals surface area contributed by atoms with Crippen LogP contribution in [0, 0.1) is 11.6 Å². The molecule has 2 aromatic carbocycles. The Balaban J connectivity index is 1.90. The number of halogens is 2. The molecule has 0 saturated carbocycles. The second kappa shape index (κ2) is 9.36. The topological polar surface area (TPSA) is 84.9 Å². The number of carbonyl (C=O) groups excluding carboxylic acids is 1. The first-order valence-electron chi connectivity index (χ1n) is 8.17.